The van der Waals surface area contributed by atoms with E-state index in [1.807, 2.05) is 0 Å². The van der Waals surface area contributed by atoms with Crippen molar-refractivity contribution in [2.45, 2.75) is 59.3 Å². The predicted molar refractivity (Wildman–Crippen MR) is 73.0 cm³/mol. The van der Waals surface area contributed by atoms with E-state index < -0.39 is 0 Å². The molecule has 0 radical (unpaired) electrons. The summed E-state index contributed by atoms with van der Waals surface area (Å²) in [6.45, 7) is 9.81. The van der Waals surface area contributed by atoms with Gasteiger partial charge in [0.05, 0.1) is 6.54 Å². The van der Waals surface area contributed by atoms with Crippen molar-refractivity contribution in [3.05, 3.63) is 0 Å². The van der Waals surface area contributed by atoms with Gasteiger partial charge in [0.1, 0.15) is 0 Å². The highest BCUT2D eigenvalue weighted by Crippen LogP contribution is 2.32. The number of aliphatic imine (C=N–C) groups is 1. The van der Waals surface area contributed by atoms with Gasteiger partial charge in [0.25, 0.3) is 0 Å². The van der Waals surface area contributed by atoms with E-state index in [-0.39, 0.29) is 0 Å². The molecule has 0 aromatic heterocycles. The number of hydrogen-bond acceptors (Lipinski definition) is 3. The highest BCUT2D eigenvalue weighted by atomic mass is 16.1. The Hall–Kier alpha value is -0.660. The molecule has 1 aliphatic rings. The van der Waals surface area contributed by atoms with Crippen molar-refractivity contribution < 1.29 is 4.79 Å². The Morgan fingerprint density at radius 2 is 2.00 bits per heavy atom. The molecule has 0 atom stereocenters. The number of nitrogens with one attached hydrogen (secondary N) is 1. The molecule has 0 unspecified atom stereocenters. The van der Waals surface area contributed by atoms with Crippen LogP contribution in [0.4, 0.5) is 0 Å². The number of nitrogens with zero attached hydrogens (tertiary/aromatic N) is 1. The lowest BCUT2D eigenvalue weighted by molar-refractivity contribution is 0.192. The minimum Gasteiger partial charge on any atom is -0.316 e. The van der Waals surface area contributed by atoms with Gasteiger partial charge in [-0.2, -0.15) is 0 Å². The fraction of sp³-hybridized carbons (Fsp3) is 0.929. The van der Waals surface area contributed by atoms with Crippen LogP contribution in [0.1, 0.15) is 59.3 Å². The first-order chi connectivity index (χ1) is 8.24. The van der Waals surface area contributed by atoms with Crippen molar-refractivity contribution in [2.24, 2.45) is 10.4 Å². The van der Waals surface area contributed by atoms with Crippen LogP contribution in [0.25, 0.3) is 0 Å². The molecule has 1 fully saturated rings. The van der Waals surface area contributed by atoms with E-state index in [1.165, 1.54) is 44.9 Å². The number of hydrogen-bond donors (Lipinski definition) is 1. The maximum Gasteiger partial charge on any atom is 0.234 e. The maximum atomic E-state index is 9.39. The standard InChI is InChI=1S/C9H19N.C5H9NO/c1-3-9(4-2)6-5-7-10-8-9;1-2-3-4-6-5-7/h10H,3-8H2,1-2H3;2-4H2,1H3. The number of unbranched alkanes of at least 4 members (excludes halogenated alkanes) is 1. The number of rotatable bonds is 5. The predicted octanol–water partition coefficient (Wildman–Crippen LogP) is 3.30. The van der Waals surface area contributed by atoms with E-state index in [0.717, 1.165) is 12.8 Å². The summed E-state index contributed by atoms with van der Waals surface area (Å²) in [5.74, 6) is 0. The van der Waals surface area contributed by atoms with Crippen LogP contribution in [-0.4, -0.2) is 25.7 Å². The van der Waals surface area contributed by atoms with Crippen molar-refractivity contribution >= 4 is 6.08 Å². The lowest BCUT2D eigenvalue weighted by atomic mass is 9.76. The maximum absolute atomic E-state index is 9.39. The van der Waals surface area contributed by atoms with Crippen LogP contribution in [0.2, 0.25) is 0 Å². The van der Waals surface area contributed by atoms with Gasteiger partial charge in [-0.3, -0.25) is 0 Å². The Morgan fingerprint density at radius 1 is 1.29 bits per heavy atom. The SMILES string of the molecule is CCC1(CC)CCCNC1.CCCCN=C=O. The molecule has 1 rings (SSSR count). The summed E-state index contributed by atoms with van der Waals surface area (Å²) in [6.07, 6.45) is 9.06. The van der Waals surface area contributed by atoms with Crippen molar-refractivity contribution in [1.29, 1.82) is 0 Å². The smallest absolute Gasteiger partial charge is 0.234 e. The lowest BCUT2D eigenvalue weighted by Gasteiger charge is -2.35. The quantitative estimate of drug-likeness (QED) is 0.455. The van der Waals surface area contributed by atoms with Crippen molar-refractivity contribution in [3.8, 4) is 0 Å². The molecule has 0 aliphatic carbocycles. The fourth-order valence-corrected chi connectivity index (χ4v) is 2.17. The van der Waals surface area contributed by atoms with Crippen LogP contribution in [0.5, 0.6) is 0 Å². The minimum absolute atomic E-state index is 0.639. The number of piperidine rings is 1. The first-order valence-electron chi connectivity index (χ1n) is 6.99. The Labute approximate surface area is 106 Å². The molecule has 3 heteroatoms. The van der Waals surface area contributed by atoms with Crippen LogP contribution < -0.4 is 5.32 Å². The Morgan fingerprint density at radius 3 is 2.35 bits per heavy atom. The van der Waals surface area contributed by atoms with Gasteiger partial charge < -0.3 is 5.32 Å². The molecule has 0 saturated carbocycles. The molecule has 0 spiro atoms. The molecule has 0 bridgehead atoms. The van der Waals surface area contributed by atoms with Crippen LogP contribution in [0, 0.1) is 5.41 Å². The van der Waals surface area contributed by atoms with Crippen LogP contribution in [0.3, 0.4) is 0 Å². The van der Waals surface area contributed by atoms with Crippen molar-refractivity contribution in [2.75, 3.05) is 19.6 Å². The second kappa shape index (κ2) is 10.5. The molecular formula is C14H28N2O. The molecule has 1 aliphatic heterocycles. The normalized spacial score (nSPS) is 17.6. The van der Waals surface area contributed by atoms with E-state index in [4.69, 9.17) is 0 Å². The third-order valence-corrected chi connectivity index (χ3v) is 3.75. The zero-order chi connectivity index (χ0) is 13.0. The molecule has 1 heterocycles. The van der Waals surface area contributed by atoms with E-state index in [2.05, 4.69) is 31.1 Å². The van der Waals surface area contributed by atoms with Gasteiger partial charge in [-0.1, -0.05) is 27.2 Å². The van der Waals surface area contributed by atoms with E-state index in [9.17, 15) is 4.79 Å². The minimum atomic E-state index is 0.639. The molecule has 1 N–H and O–H groups in total. The molecule has 3 nitrogen and oxygen atoms in total. The Balaban J connectivity index is 0.000000325. The van der Waals surface area contributed by atoms with Gasteiger partial charge in [0.15, 0.2) is 0 Å². The van der Waals surface area contributed by atoms with Crippen LogP contribution >= 0.6 is 0 Å². The Bertz CT molecular complexity index is 210. The summed E-state index contributed by atoms with van der Waals surface area (Å²) in [4.78, 5) is 12.7. The molecule has 0 aromatic rings. The summed E-state index contributed by atoms with van der Waals surface area (Å²) in [5, 5.41) is 3.48. The van der Waals surface area contributed by atoms with Crippen LogP contribution in [-0.2, 0) is 4.79 Å². The largest absolute Gasteiger partial charge is 0.316 e. The first kappa shape index (κ1) is 16.3. The van der Waals surface area contributed by atoms with E-state index in [0.29, 0.717) is 12.0 Å². The summed E-state index contributed by atoms with van der Waals surface area (Å²) in [5.41, 5.74) is 0.651. The molecule has 100 valence electrons. The van der Waals surface area contributed by atoms with Gasteiger partial charge in [-0.15, -0.1) is 0 Å². The molecule has 0 aromatic carbocycles. The van der Waals surface area contributed by atoms with Gasteiger partial charge in [-0.05, 0) is 44.1 Å². The Kier molecular flexibility index (Phi) is 10.1. The average molecular weight is 240 g/mol. The molecule has 1 saturated heterocycles. The summed E-state index contributed by atoms with van der Waals surface area (Å²) >= 11 is 0. The topological polar surface area (TPSA) is 41.5 Å². The monoisotopic (exact) mass is 240 g/mol. The zero-order valence-electron chi connectivity index (χ0n) is 11.7. The summed E-state index contributed by atoms with van der Waals surface area (Å²) in [7, 11) is 0. The fourth-order valence-electron chi connectivity index (χ4n) is 2.17. The highest BCUT2D eigenvalue weighted by molar-refractivity contribution is 5.32. The zero-order valence-corrected chi connectivity index (χ0v) is 11.7. The number of carbonyl (C=O) groups excluding carboxylic acids is 1. The summed E-state index contributed by atoms with van der Waals surface area (Å²) < 4.78 is 0. The van der Waals surface area contributed by atoms with Gasteiger partial charge in [0, 0.05) is 6.54 Å². The second-order valence-corrected chi connectivity index (χ2v) is 4.81. The average Bonchev–Trinajstić information content (AvgIpc) is 2.41. The third-order valence-electron chi connectivity index (χ3n) is 3.75. The van der Waals surface area contributed by atoms with E-state index in [1.54, 1.807) is 0 Å². The van der Waals surface area contributed by atoms with Crippen molar-refractivity contribution in [1.82, 2.24) is 5.32 Å². The number of isocyanates is 1. The van der Waals surface area contributed by atoms with Gasteiger partial charge in [0.2, 0.25) is 6.08 Å². The van der Waals surface area contributed by atoms with Crippen LogP contribution in [0.15, 0.2) is 4.99 Å². The summed E-state index contributed by atoms with van der Waals surface area (Å²) in [6, 6.07) is 0. The molecule has 0 amide bonds. The van der Waals surface area contributed by atoms with Crippen molar-refractivity contribution in [3.63, 3.8) is 0 Å². The van der Waals surface area contributed by atoms with Gasteiger partial charge >= 0.3 is 0 Å². The highest BCUT2D eigenvalue weighted by Gasteiger charge is 2.27. The first-order valence-corrected chi connectivity index (χ1v) is 6.99. The second-order valence-electron chi connectivity index (χ2n) is 4.81. The lowest BCUT2D eigenvalue weighted by Crippen LogP contribution is -2.39. The van der Waals surface area contributed by atoms with Gasteiger partial charge in [-0.25, -0.2) is 9.79 Å². The third kappa shape index (κ3) is 7.30. The molecule has 17 heavy (non-hydrogen) atoms. The van der Waals surface area contributed by atoms with E-state index >= 15 is 0 Å². The molecular weight excluding hydrogens is 212 g/mol.